The van der Waals surface area contributed by atoms with Gasteiger partial charge in [-0.2, -0.15) is 0 Å². The van der Waals surface area contributed by atoms with Crippen LogP contribution in [0.15, 0.2) is 53.8 Å². The Bertz CT molecular complexity index is 955. The van der Waals surface area contributed by atoms with E-state index >= 15 is 0 Å². The zero-order chi connectivity index (χ0) is 17.4. The maximum absolute atomic E-state index is 13.2. The molecule has 0 saturated heterocycles. The molecule has 0 spiro atoms. The summed E-state index contributed by atoms with van der Waals surface area (Å²) in [5, 5.41) is 0.838. The molecule has 2 N–H and O–H groups in total. The third kappa shape index (κ3) is 3.23. The maximum atomic E-state index is 13.2. The Kier molecular flexibility index (Phi) is 3.73. The lowest BCUT2D eigenvalue weighted by atomic mass is 10.1. The largest absolute Gasteiger partial charge is 0.304 e. The highest BCUT2D eigenvalue weighted by Crippen LogP contribution is 2.24. The zero-order valence-electron chi connectivity index (χ0n) is 13.6. The van der Waals surface area contributed by atoms with Gasteiger partial charge in [0.2, 0.25) is 5.92 Å². The van der Waals surface area contributed by atoms with Gasteiger partial charge in [-0.25, -0.2) is 24.2 Å². The number of aromatic nitrogens is 2. The van der Waals surface area contributed by atoms with Crippen molar-refractivity contribution in [3.8, 4) is 5.69 Å². The summed E-state index contributed by atoms with van der Waals surface area (Å²) in [6.45, 7) is 1.46. The van der Waals surface area contributed by atoms with Crippen LogP contribution in [-0.4, -0.2) is 28.0 Å². The number of fused-ring (bicyclic) bond motifs is 1. The van der Waals surface area contributed by atoms with Gasteiger partial charge < -0.3 is 9.99 Å². The average molecular weight is 341 g/mol. The Balaban J connectivity index is 1.71. The van der Waals surface area contributed by atoms with Crippen LogP contribution in [0.1, 0.15) is 18.1 Å². The number of aliphatic imine (C=N–C) groups is 1. The van der Waals surface area contributed by atoms with Crippen LogP contribution >= 0.6 is 0 Å². The molecule has 4 rings (SSSR count). The molecule has 1 aromatic carbocycles. The van der Waals surface area contributed by atoms with E-state index in [2.05, 4.69) is 20.8 Å². The van der Waals surface area contributed by atoms with E-state index < -0.39 is 5.92 Å². The highest BCUT2D eigenvalue weighted by molar-refractivity contribution is 5.99. The van der Waals surface area contributed by atoms with Crippen molar-refractivity contribution in [2.24, 2.45) is 4.99 Å². The van der Waals surface area contributed by atoms with Crippen LogP contribution in [0.4, 0.5) is 8.78 Å². The molecule has 25 heavy (non-hydrogen) atoms. The molecule has 0 fully saturated rings. The smallest absolute Gasteiger partial charge is 0.249 e. The SMILES string of the molecule is CC(F)(F)Cc1cnc2c(ccn2-c2cccc(C3=NCNN3)c2)c1. The molecule has 0 bridgehead atoms. The number of hydrazine groups is 1. The Labute approximate surface area is 143 Å². The number of benzene rings is 1. The number of pyridine rings is 1. The van der Waals surface area contributed by atoms with Crippen molar-refractivity contribution >= 4 is 16.9 Å². The monoisotopic (exact) mass is 341 g/mol. The van der Waals surface area contributed by atoms with E-state index in [0.717, 1.165) is 35.0 Å². The minimum Gasteiger partial charge on any atom is -0.304 e. The first kappa shape index (κ1) is 15.7. The molecular weight excluding hydrogens is 324 g/mol. The first-order valence-corrected chi connectivity index (χ1v) is 7.98. The topological polar surface area (TPSA) is 54.2 Å². The van der Waals surface area contributed by atoms with Crippen molar-refractivity contribution < 1.29 is 8.78 Å². The lowest BCUT2D eigenvalue weighted by Crippen LogP contribution is -2.30. The van der Waals surface area contributed by atoms with Gasteiger partial charge in [0.15, 0.2) is 0 Å². The number of alkyl halides is 2. The number of amidine groups is 1. The summed E-state index contributed by atoms with van der Waals surface area (Å²) in [6, 6.07) is 11.6. The second kappa shape index (κ2) is 5.93. The predicted octanol–water partition coefficient (Wildman–Crippen LogP) is 3.04. The van der Waals surface area contributed by atoms with E-state index in [1.165, 1.54) is 6.20 Å². The van der Waals surface area contributed by atoms with E-state index in [4.69, 9.17) is 0 Å². The van der Waals surface area contributed by atoms with Crippen LogP contribution in [0.3, 0.4) is 0 Å². The van der Waals surface area contributed by atoms with Crippen LogP contribution in [-0.2, 0) is 6.42 Å². The van der Waals surface area contributed by atoms with E-state index in [-0.39, 0.29) is 6.42 Å². The fraction of sp³-hybridized carbons (Fsp3) is 0.222. The first-order valence-electron chi connectivity index (χ1n) is 7.98. The summed E-state index contributed by atoms with van der Waals surface area (Å²) in [6.07, 6.45) is 3.11. The van der Waals surface area contributed by atoms with Gasteiger partial charge in [0.1, 0.15) is 18.2 Å². The van der Waals surface area contributed by atoms with Gasteiger partial charge in [-0.15, -0.1) is 0 Å². The normalized spacial score (nSPS) is 14.6. The van der Waals surface area contributed by atoms with Gasteiger partial charge >= 0.3 is 0 Å². The van der Waals surface area contributed by atoms with Gasteiger partial charge in [0, 0.05) is 35.5 Å². The van der Waals surface area contributed by atoms with E-state index in [1.807, 2.05) is 41.1 Å². The third-order valence-corrected chi connectivity index (χ3v) is 4.02. The molecule has 0 aliphatic carbocycles. The second-order valence-electron chi connectivity index (χ2n) is 6.21. The van der Waals surface area contributed by atoms with Crippen molar-refractivity contribution in [3.05, 3.63) is 59.9 Å². The van der Waals surface area contributed by atoms with Gasteiger partial charge in [-0.1, -0.05) is 12.1 Å². The molecule has 1 aliphatic heterocycles. The lowest BCUT2D eigenvalue weighted by Gasteiger charge is -2.10. The van der Waals surface area contributed by atoms with Crippen LogP contribution < -0.4 is 10.9 Å². The van der Waals surface area contributed by atoms with Crippen LogP contribution in [0.25, 0.3) is 16.7 Å². The Morgan fingerprint density at radius 3 is 2.88 bits per heavy atom. The van der Waals surface area contributed by atoms with Crippen LogP contribution in [0.5, 0.6) is 0 Å². The molecule has 128 valence electrons. The number of hydrogen-bond donors (Lipinski definition) is 2. The van der Waals surface area contributed by atoms with Crippen LogP contribution in [0, 0.1) is 0 Å². The molecule has 0 amide bonds. The lowest BCUT2D eigenvalue weighted by molar-refractivity contribution is 0.0226. The Morgan fingerprint density at radius 1 is 1.24 bits per heavy atom. The van der Waals surface area contributed by atoms with Crippen molar-refractivity contribution in [1.82, 2.24) is 20.4 Å². The molecule has 0 unspecified atom stereocenters. The second-order valence-corrected chi connectivity index (χ2v) is 6.21. The molecule has 5 nitrogen and oxygen atoms in total. The average Bonchev–Trinajstić information content (AvgIpc) is 3.23. The third-order valence-electron chi connectivity index (χ3n) is 4.02. The minimum atomic E-state index is -2.74. The molecule has 3 aromatic rings. The van der Waals surface area contributed by atoms with Crippen LogP contribution in [0.2, 0.25) is 0 Å². The van der Waals surface area contributed by atoms with Gasteiger partial charge in [-0.3, -0.25) is 0 Å². The van der Waals surface area contributed by atoms with Gasteiger partial charge in [-0.05, 0) is 36.8 Å². The summed E-state index contributed by atoms with van der Waals surface area (Å²) >= 11 is 0. The van der Waals surface area contributed by atoms with Gasteiger partial charge in [0.25, 0.3) is 0 Å². The van der Waals surface area contributed by atoms with E-state index in [0.29, 0.717) is 12.2 Å². The number of hydrogen-bond acceptors (Lipinski definition) is 4. The van der Waals surface area contributed by atoms with E-state index in [1.54, 1.807) is 6.07 Å². The summed E-state index contributed by atoms with van der Waals surface area (Å²) < 4.78 is 28.4. The summed E-state index contributed by atoms with van der Waals surface area (Å²) in [4.78, 5) is 8.74. The molecule has 0 radical (unpaired) electrons. The van der Waals surface area contributed by atoms with Crippen molar-refractivity contribution in [1.29, 1.82) is 0 Å². The number of halogens is 2. The van der Waals surface area contributed by atoms with Crippen molar-refractivity contribution in [2.75, 3.05) is 6.67 Å². The fourth-order valence-corrected chi connectivity index (χ4v) is 2.98. The van der Waals surface area contributed by atoms with E-state index in [9.17, 15) is 8.78 Å². The van der Waals surface area contributed by atoms with Gasteiger partial charge in [0.05, 0.1) is 0 Å². The highest BCUT2D eigenvalue weighted by Gasteiger charge is 2.22. The number of rotatable bonds is 4. The molecule has 2 aromatic heterocycles. The number of nitrogens with one attached hydrogen (secondary N) is 2. The quantitative estimate of drug-likeness (QED) is 0.767. The van der Waals surface area contributed by atoms with Crippen molar-refractivity contribution in [2.45, 2.75) is 19.3 Å². The number of nitrogens with zero attached hydrogens (tertiary/aromatic N) is 3. The Hall–Kier alpha value is -2.80. The summed E-state index contributed by atoms with van der Waals surface area (Å²) in [7, 11) is 0. The van der Waals surface area contributed by atoms with Crippen molar-refractivity contribution in [3.63, 3.8) is 0 Å². The maximum Gasteiger partial charge on any atom is 0.249 e. The molecule has 0 saturated carbocycles. The molecule has 3 heterocycles. The molecular formula is C18H17F2N5. The predicted molar refractivity (Wildman–Crippen MR) is 93.1 cm³/mol. The summed E-state index contributed by atoms with van der Waals surface area (Å²) in [5.41, 5.74) is 9.13. The molecule has 1 aliphatic rings. The zero-order valence-corrected chi connectivity index (χ0v) is 13.6. The highest BCUT2D eigenvalue weighted by atomic mass is 19.3. The minimum absolute atomic E-state index is 0.310. The summed E-state index contributed by atoms with van der Waals surface area (Å²) in [5.74, 6) is -1.95. The standard InChI is InChI=1S/C18H17F2N5/c1-18(19,20)9-12-7-14-5-6-25(17(14)21-10-12)15-4-2-3-13(8-15)16-22-11-23-24-16/h2-8,10,23H,9,11H2,1H3,(H,22,24). The first-order chi connectivity index (χ1) is 12.0. The fourth-order valence-electron chi connectivity index (χ4n) is 2.98. The Morgan fingerprint density at radius 2 is 2.12 bits per heavy atom. The molecule has 0 atom stereocenters. The molecule has 7 heteroatoms.